The highest BCUT2D eigenvalue weighted by atomic mass is 19.1. The monoisotopic (exact) mass is 399 g/mol. The van der Waals surface area contributed by atoms with Crippen molar-refractivity contribution in [2.45, 2.75) is 32.0 Å². The molecule has 1 aliphatic heterocycles. The second kappa shape index (κ2) is 9.16. The van der Waals surface area contributed by atoms with Gasteiger partial charge in [-0.3, -0.25) is 10.1 Å². The third-order valence-corrected chi connectivity index (χ3v) is 4.64. The zero-order valence-corrected chi connectivity index (χ0v) is 16.0. The third-order valence-electron chi connectivity index (χ3n) is 4.64. The van der Waals surface area contributed by atoms with Crippen LogP contribution in [0.3, 0.4) is 0 Å². The van der Waals surface area contributed by atoms with E-state index in [1.54, 1.807) is 13.8 Å². The molecule has 1 unspecified atom stereocenters. The van der Waals surface area contributed by atoms with Crippen LogP contribution in [0.5, 0.6) is 0 Å². The van der Waals surface area contributed by atoms with E-state index in [1.165, 1.54) is 12.1 Å². The minimum Gasteiger partial charge on any atom is -0.435 e. The molecule has 0 radical (unpaired) electrons. The standard InChI is InChI=1S/C18H26FN3O6/c1-12(2)10-18(28-17(20)24,16(23)11-22(25)26)13-3-4-15(14(19)9-13)21-5-7-27-8-6-21/h3-4,9,12,16,23H,5-8,10-11H2,1-2H3,(H2,20,24)/t16?,18-/m0/s1. The number of anilines is 1. The maximum absolute atomic E-state index is 14.9. The number of hydrogen-bond acceptors (Lipinski definition) is 7. The molecule has 1 aromatic carbocycles. The Kier molecular flexibility index (Phi) is 7.14. The van der Waals surface area contributed by atoms with Gasteiger partial charge in [0.25, 0.3) is 0 Å². The maximum atomic E-state index is 14.9. The second-order valence-corrected chi connectivity index (χ2v) is 7.21. The van der Waals surface area contributed by atoms with E-state index < -0.39 is 35.1 Å². The quantitative estimate of drug-likeness (QED) is 0.502. The molecule has 0 spiro atoms. The SMILES string of the molecule is CC(C)C[C@](OC(N)=O)(c1ccc(N2CCOCC2)c(F)c1)C(O)C[N+](=O)[O-]. The van der Waals surface area contributed by atoms with Crippen molar-refractivity contribution in [3.8, 4) is 0 Å². The number of nitro groups is 1. The summed E-state index contributed by atoms with van der Waals surface area (Å²) in [6, 6.07) is 4.15. The summed E-state index contributed by atoms with van der Waals surface area (Å²) in [4.78, 5) is 23.6. The van der Waals surface area contributed by atoms with Crippen LogP contribution in [-0.4, -0.2) is 55.1 Å². The normalized spacial score (nSPS) is 17.8. The Balaban J connectivity index is 2.49. The summed E-state index contributed by atoms with van der Waals surface area (Å²) in [6.45, 7) is 4.69. The molecule has 1 heterocycles. The molecular formula is C18H26FN3O6. The average Bonchev–Trinajstić information content (AvgIpc) is 2.60. The number of aliphatic hydroxyl groups is 1. The number of carbonyl (C=O) groups is 1. The molecular weight excluding hydrogens is 373 g/mol. The van der Waals surface area contributed by atoms with Gasteiger partial charge < -0.3 is 25.2 Å². The predicted molar refractivity (Wildman–Crippen MR) is 99.1 cm³/mol. The minimum absolute atomic E-state index is 0.0291. The molecule has 1 aromatic rings. The molecule has 156 valence electrons. The fourth-order valence-electron chi connectivity index (χ4n) is 3.52. The molecule has 1 saturated heterocycles. The van der Waals surface area contributed by atoms with Crippen LogP contribution in [0.25, 0.3) is 0 Å². The summed E-state index contributed by atoms with van der Waals surface area (Å²) in [7, 11) is 0. The first-order chi connectivity index (χ1) is 13.2. The van der Waals surface area contributed by atoms with Crippen molar-refractivity contribution in [3.05, 3.63) is 39.7 Å². The van der Waals surface area contributed by atoms with Gasteiger partial charge in [0, 0.05) is 23.6 Å². The summed E-state index contributed by atoms with van der Waals surface area (Å²) in [5.41, 5.74) is 3.81. The summed E-state index contributed by atoms with van der Waals surface area (Å²) in [5, 5.41) is 21.5. The van der Waals surface area contributed by atoms with Crippen molar-refractivity contribution in [3.63, 3.8) is 0 Å². The fourth-order valence-corrected chi connectivity index (χ4v) is 3.52. The maximum Gasteiger partial charge on any atom is 0.405 e. The third kappa shape index (κ3) is 5.08. The highest BCUT2D eigenvalue weighted by Gasteiger charge is 2.47. The first kappa shape index (κ1) is 21.8. The molecule has 0 aromatic heterocycles. The van der Waals surface area contributed by atoms with E-state index in [2.05, 4.69) is 0 Å². The molecule has 1 fully saturated rings. The first-order valence-corrected chi connectivity index (χ1v) is 9.06. The number of halogens is 1. The molecule has 28 heavy (non-hydrogen) atoms. The van der Waals surface area contributed by atoms with E-state index in [9.17, 15) is 24.4 Å². The lowest BCUT2D eigenvalue weighted by atomic mass is 9.80. The van der Waals surface area contributed by atoms with Gasteiger partial charge in [-0.2, -0.15) is 0 Å². The molecule has 1 aliphatic rings. The fraction of sp³-hybridized carbons (Fsp3) is 0.611. The molecule has 9 nitrogen and oxygen atoms in total. The Hall–Kier alpha value is -2.46. The summed E-state index contributed by atoms with van der Waals surface area (Å²) in [5.74, 6) is -0.725. The largest absolute Gasteiger partial charge is 0.435 e. The van der Waals surface area contributed by atoms with E-state index in [1.807, 2.05) is 4.90 Å². The zero-order valence-electron chi connectivity index (χ0n) is 16.0. The van der Waals surface area contributed by atoms with Gasteiger partial charge >= 0.3 is 6.09 Å². The second-order valence-electron chi connectivity index (χ2n) is 7.21. The van der Waals surface area contributed by atoms with Crippen LogP contribution in [0.1, 0.15) is 25.8 Å². The van der Waals surface area contributed by atoms with Crippen molar-refractivity contribution >= 4 is 11.8 Å². The number of nitrogens with zero attached hydrogens (tertiary/aromatic N) is 2. The molecule has 0 saturated carbocycles. The van der Waals surface area contributed by atoms with E-state index in [4.69, 9.17) is 15.2 Å². The van der Waals surface area contributed by atoms with Gasteiger partial charge in [-0.25, -0.2) is 9.18 Å². The van der Waals surface area contributed by atoms with E-state index in [-0.39, 0.29) is 17.9 Å². The van der Waals surface area contributed by atoms with Crippen molar-refractivity contribution in [1.29, 1.82) is 0 Å². The molecule has 0 bridgehead atoms. The van der Waals surface area contributed by atoms with Crippen molar-refractivity contribution in [2.24, 2.45) is 11.7 Å². The molecule has 2 atom stereocenters. The van der Waals surface area contributed by atoms with Gasteiger partial charge in [-0.05, 0) is 24.5 Å². The number of aliphatic hydroxyl groups excluding tert-OH is 1. The van der Waals surface area contributed by atoms with Crippen LogP contribution in [0.2, 0.25) is 0 Å². The van der Waals surface area contributed by atoms with Crippen LogP contribution in [0.15, 0.2) is 18.2 Å². The highest BCUT2D eigenvalue weighted by molar-refractivity contribution is 5.66. The van der Waals surface area contributed by atoms with Crippen LogP contribution >= 0.6 is 0 Å². The number of ether oxygens (including phenoxy) is 2. The molecule has 1 amide bonds. The van der Waals surface area contributed by atoms with Crippen LogP contribution in [-0.2, 0) is 15.1 Å². The number of rotatable bonds is 8. The molecule has 10 heteroatoms. The van der Waals surface area contributed by atoms with E-state index >= 15 is 0 Å². The number of nitrogens with two attached hydrogens (primary N) is 1. The number of carbonyl (C=O) groups excluding carboxylic acids is 1. The van der Waals surface area contributed by atoms with E-state index in [0.717, 1.165) is 6.07 Å². The first-order valence-electron chi connectivity index (χ1n) is 9.06. The lowest BCUT2D eigenvalue weighted by Gasteiger charge is -2.37. The minimum atomic E-state index is -1.84. The topological polar surface area (TPSA) is 128 Å². The Labute approximate surface area is 162 Å². The average molecular weight is 399 g/mol. The molecule has 0 aliphatic carbocycles. The Morgan fingerprint density at radius 1 is 1.46 bits per heavy atom. The van der Waals surface area contributed by atoms with Crippen LogP contribution in [0.4, 0.5) is 14.9 Å². The highest BCUT2D eigenvalue weighted by Crippen LogP contribution is 2.38. The smallest absolute Gasteiger partial charge is 0.405 e. The lowest BCUT2D eigenvalue weighted by Crippen LogP contribution is -2.49. The number of benzene rings is 1. The van der Waals surface area contributed by atoms with Gasteiger partial charge in [0.15, 0.2) is 11.7 Å². The van der Waals surface area contributed by atoms with E-state index in [0.29, 0.717) is 32.0 Å². The number of morpholine rings is 1. The Morgan fingerprint density at radius 2 is 2.11 bits per heavy atom. The van der Waals surface area contributed by atoms with Crippen molar-refractivity contribution in [2.75, 3.05) is 37.7 Å². The number of primary amides is 1. The lowest BCUT2D eigenvalue weighted by molar-refractivity contribution is -0.496. The molecule has 3 N–H and O–H groups in total. The van der Waals surface area contributed by atoms with Crippen LogP contribution in [0, 0.1) is 21.8 Å². The number of amides is 1. The van der Waals surface area contributed by atoms with Crippen molar-refractivity contribution < 1.29 is 28.7 Å². The summed E-state index contributed by atoms with van der Waals surface area (Å²) in [6.07, 6.45) is -2.88. The number of hydrogen-bond donors (Lipinski definition) is 2. The zero-order chi connectivity index (χ0) is 20.9. The van der Waals surface area contributed by atoms with Gasteiger partial charge in [0.1, 0.15) is 5.82 Å². The van der Waals surface area contributed by atoms with Gasteiger partial charge in [-0.1, -0.05) is 19.9 Å². The van der Waals surface area contributed by atoms with Gasteiger partial charge in [-0.15, -0.1) is 0 Å². The van der Waals surface area contributed by atoms with Gasteiger partial charge in [0.2, 0.25) is 6.54 Å². The Bertz CT molecular complexity index is 711. The summed E-state index contributed by atoms with van der Waals surface area (Å²) >= 11 is 0. The van der Waals surface area contributed by atoms with Crippen LogP contribution < -0.4 is 10.6 Å². The Morgan fingerprint density at radius 3 is 2.61 bits per heavy atom. The molecule has 2 rings (SSSR count). The predicted octanol–water partition coefficient (Wildman–Crippen LogP) is 1.64. The van der Waals surface area contributed by atoms with Crippen molar-refractivity contribution in [1.82, 2.24) is 0 Å². The summed E-state index contributed by atoms with van der Waals surface area (Å²) < 4.78 is 25.4. The van der Waals surface area contributed by atoms with Gasteiger partial charge in [0.05, 0.1) is 18.9 Å².